The van der Waals surface area contributed by atoms with E-state index in [1.54, 1.807) is 14.2 Å². The fourth-order valence-electron chi connectivity index (χ4n) is 2.95. The molecule has 3 rings (SSSR count). The molecule has 8 nitrogen and oxygen atoms in total. The van der Waals surface area contributed by atoms with Gasteiger partial charge in [0.15, 0.2) is 11.8 Å². The third kappa shape index (κ3) is 5.33. The zero-order chi connectivity index (χ0) is 19.1. The van der Waals surface area contributed by atoms with Crippen LogP contribution in [-0.2, 0) is 24.3 Å². The predicted molar refractivity (Wildman–Crippen MR) is 104 cm³/mol. The lowest BCUT2D eigenvalue weighted by molar-refractivity contribution is 0.177. The van der Waals surface area contributed by atoms with Crippen molar-refractivity contribution in [2.75, 3.05) is 27.3 Å². The minimum atomic E-state index is 0.241. The third-order valence-corrected chi connectivity index (χ3v) is 4.54. The molecule has 0 saturated carbocycles. The Morgan fingerprint density at radius 3 is 3.04 bits per heavy atom. The molecule has 0 bridgehead atoms. The third-order valence-electron chi connectivity index (χ3n) is 4.23. The van der Waals surface area contributed by atoms with Gasteiger partial charge in [0, 0.05) is 26.6 Å². The number of hydrogen-bond donors (Lipinski definition) is 2. The van der Waals surface area contributed by atoms with Gasteiger partial charge in [-0.15, -0.1) is 0 Å². The summed E-state index contributed by atoms with van der Waals surface area (Å²) in [5.41, 5.74) is 0. The lowest BCUT2D eigenvalue weighted by Crippen LogP contribution is -2.47. The summed E-state index contributed by atoms with van der Waals surface area (Å²) in [5.74, 6) is 3.16. The van der Waals surface area contributed by atoms with Crippen LogP contribution >= 0.6 is 11.6 Å². The van der Waals surface area contributed by atoms with Gasteiger partial charge in [-0.2, -0.15) is 5.10 Å². The van der Waals surface area contributed by atoms with Crippen LogP contribution in [0.3, 0.4) is 0 Å². The van der Waals surface area contributed by atoms with E-state index in [9.17, 15) is 0 Å². The maximum Gasteiger partial charge on any atom is 0.191 e. The maximum absolute atomic E-state index is 6.08. The number of hydrogen-bond acceptors (Lipinski definition) is 5. The molecule has 0 amide bonds. The first kappa shape index (κ1) is 19.4. The largest absolute Gasteiger partial charge is 0.490 e. The minimum Gasteiger partial charge on any atom is -0.490 e. The number of para-hydroxylation sites is 1. The molecule has 1 aliphatic rings. The lowest BCUT2D eigenvalue weighted by Gasteiger charge is -2.25. The Labute approximate surface area is 163 Å². The average molecular weight is 393 g/mol. The van der Waals surface area contributed by atoms with Crippen LogP contribution in [-0.4, -0.2) is 54.1 Å². The first-order valence-corrected chi connectivity index (χ1v) is 9.33. The Morgan fingerprint density at radius 1 is 1.41 bits per heavy atom. The van der Waals surface area contributed by atoms with Crippen molar-refractivity contribution in [3.63, 3.8) is 0 Å². The summed E-state index contributed by atoms with van der Waals surface area (Å²) in [4.78, 5) is 8.78. The van der Waals surface area contributed by atoms with Gasteiger partial charge in [0.1, 0.15) is 24.8 Å². The topological polar surface area (TPSA) is 85.6 Å². The highest BCUT2D eigenvalue weighted by atomic mass is 35.5. The highest BCUT2D eigenvalue weighted by Crippen LogP contribution is 2.22. The van der Waals surface area contributed by atoms with E-state index in [2.05, 4.69) is 25.7 Å². The molecule has 1 aromatic carbocycles. The van der Waals surface area contributed by atoms with Crippen LogP contribution in [0.1, 0.15) is 18.1 Å². The number of rotatable bonds is 7. The molecule has 146 valence electrons. The molecule has 1 unspecified atom stereocenters. The molecule has 2 aromatic rings. The van der Waals surface area contributed by atoms with Crippen molar-refractivity contribution >= 4 is 17.6 Å². The molecule has 2 heterocycles. The first-order chi connectivity index (χ1) is 13.2. The summed E-state index contributed by atoms with van der Waals surface area (Å²) < 4.78 is 12.7. The Kier molecular flexibility index (Phi) is 6.89. The molecule has 0 aliphatic carbocycles. The molecule has 0 radical (unpaired) electrons. The van der Waals surface area contributed by atoms with Crippen molar-refractivity contribution in [2.24, 2.45) is 4.99 Å². The monoisotopic (exact) mass is 392 g/mol. The van der Waals surface area contributed by atoms with Gasteiger partial charge in [0.05, 0.1) is 18.1 Å². The quantitative estimate of drug-likeness (QED) is 0.423. The average Bonchev–Trinajstić information content (AvgIpc) is 3.07. The molecular weight excluding hydrogens is 368 g/mol. The standard InChI is InChI=1S/C18H25ClN6O2/c1-20-18(21-9-10-27-15-6-4-3-5-14(15)19)22-13-7-8-17-23-16(12-26-2)24-25(17)11-13/h3-6,13H,7-12H2,1-2H3,(H2,20,21,22). The Balaban J connectivity index is 1.44. The number of aryl methyl sites for hydroxylation is 1. The van der Waals surface area contributed by atoms with Crippen LogP contribution in [0.15, 0.2) is 29.3 Å². The Hall–Kier alpha value is -2.32. The number of ether oxygens (including phenoxy) is 2. The van der Waals surface area contributed by atoms with Crippen molar-refractivity contribution in [1.29, 1.82) is 0 Å². The van der Waals surface area contributed by atoms with Gasteiger partial charge in [-0.1, -0.05) is 23.7 Å². The second-order valence-corrected chi connectivity index (χ2v) is 6.62. The Morgan fingerprint density at radius 2 is 2.26 bits per heavy atom. The molecule has 1 atom stereocenters. The van der Waals surface area contributed by atoms with Gasteiger partial charge < -0.3 is 20.1 Å². The Bertz CT molecular complexity index is 779. The second kappa shape index (κ2) is 9.57. The van der Waals surface area contributed by atoms with E-state index in [0.717, 1.165) is 37.0 Å². The van der Waals surface area contributed by atoms with E-state index in [1.807, 2.05) is 28.9 Å². The molecule has 2 N–H and O–H groups in total. The highest BCUT2D eigenvalue weighted by molar-refractivity contribution is 6.32. The van der Waals surface area contributed by atoms with E-state index in [0.29, 0.717) is 30.5 Å². The number of aliphatic imine (C=N–C) groups is 1. The molecule has 1 aromatic heterocycles. The van der Waals surface area contributed by atoms with Crippen LogP contribution < -0.4 is 15.4 Å². The number of aromatic nitrogens is 3. The smallest absolute Gasteiger partial charge is 0.191 e. The van der Waals surface area contributed by atoms with E-state index in [-0.39, 0.29) is 6.04 Å². The lowest BCUT2D eigenvalue weighted by atomic mass is 10.1. The number of fused-ring (bicyclic) bond motifs is 1. The van der Waals surface area contributed by atoms with Gasteiger partial charge in [0.2, 0.25) is 0 Å². The van der Waals surface area contributed by atoms with E-state index >= 15 is 0 Å². The second-order valence-electron chi connectivity index (χ2n) is 6.22. The summed E-state index contributed by atoms with van der Waals surface area (Å²) in [6.07, 6.45) is 1.85. The molecule has 27 heavy (non-hydrogen) atoms. The number of nitrogens with zero attached hydrogens (tertiary/aromatic N) is 4. The van der Waals surface area contributed by atoms with Crippen molar-refractivity contribution < 1.29 is 9.47 Å². The van der Waals surface area contributed by atoms with Gasteiger partial charge in [-0.25, -0.2) is 9.67 Å². The summed E-state index contributed by atoms with van der Waals surface area (Å²) in [5, 5.41) is 11.8. The van der Waals surface area contributed by atoms with Crippen molar-refractivity contribution in [2.45, 2.75) is 32.0 Å². The van der Waals surface area contributed by atoms with Gasteiger partial charge in [-0.3, -0.25) is 4.99 Å². The molecule has 0 saturated heterocycles. The van der Waals surface area contributed by atoms with E-state index in [1.165, 1.54) is 0 Å². The fourth-order valence-corrected chi connectivity index (χ4v) is 3.14. The molecular formula is C18H25ClN6O2. The van der Waals surface area contributed by atoms with E-state index in [4.69, 9.17) is 21.1 Å². The first-order valence-electron chi connectivity index (χ1n) is 8.95. The molecule has 0 spiro atoms. The SMILES string of the molecule is CN=C(NCCOc1ccccc1Cl)NC1CCc2nc(COC)nn2C1. The van der Waals surface area contributed by atoms with Crippen molar-refractivity contribution in [1.82, 2.24) is 25.4 Å². The number of nitrogens with one attached hydrogen (secondary N) is 2. The fraction of sp³-hybridized carbons (Fsp3) is 0.500. The summed E-state index contributed by atoms with van der Waals surface area (Å²) >= 11 is 6.08. The molecule has 0 fully saturated rings. The molecule has 1 aliphatic heterocycles. The number of benzene rings is 1. The molecule has 9 heteroatoms. The summed E-state index contributed by atoms with van der Waals surface area (Å²) in [7, 11) is 3.40. The number of guanidine groups is 1. The zero-order valence-electron chi connectivity index (χ0n) is 15.6. The normalized spacial score (nSPS) is 16.7. The van der Waals surface area contributed by atoms with Crippen LogP contribution in [0, 0.1) is 0 Å². The van der Waals surface area contributed by atoms with Crippen LogP contribution in [0.5, 0.6) is 5.75 Å². The van der Waals surface area contributed by atoms with Gasteiger partial charge >= 0.3 is 0 Å². The maximum atomic E-state index is 6.08. The van der Waals surface area contributed by atoms with Crippen molar-refractivity contribution in [3.8, 4) is 5.75 Å². The highest BCUT2D eigenvalue weighted by Gasteiger charge is 2.22. The summed E-state index contributed by atoms with van der Waals surface area (Å²) in [6.45, 7) is 2.29. The van der Waals surface area contributed by atoms with Crippen LogP contribution in [0.25, 0.3) is 0 Å². The number of halogens is 1. The van der Waals surface area contributed by atoms with Crippen LogP contribution in [0.4, 0.5) is 0 Å². The predicted octanol–water partition coefficient (Wildman–Crippen LogP) is 1.64. The summed E-state index contributed by atoms with van der Waals surface area (Å²) in [6, 6.07) is 7.68. The van der Waals surface area contributed by atoms with Crippen LogP contribution in [0.2, 0.25) is 5.02 Å². The zero-order valence-corrected chi connectivity index (χ0v) is 16.4. The van der Waals surface area contributed by atoms with Crippen molar-refractivity contribution in [3.05, 3.63) is 40.9 Å². The number of methoxy groups -OCH3 is 1. The van der Waals surface area contributed by atoms with E-state index < -0.39 is 0 Å². The van der Waals surface area contributed by atoms with Gasteiger partial charge in [0.25, 0.3) is 0 Å². The van der Waals surface area contributed by atoms with Gasteiger partial charge in [-0.05, 0) is 18.6 Å². The minimum absolute atomic E-state index is 0.241.